The maximum Gasteiger partial charge on any atom is 0.257 e. The van der Waals surface area contributed by atoms with Gasteiger partial charge < -0.3 is 25.0 Å². The van der Waals surface area contributed by atoms with Crippen molar-refractivity contribution in [1.82, 2.24) is 10.2 Å². The Morgan fingerprint density at radius 2 is 2.14 bits per heavy atom. The molecule has 0 aliphatic carbocycles. The van der Waals surface area contributed by atoms with E-state index >= 15 is 0 Å². The highest BCUT2D eigenvalue weighted by molar-refractivity contribution is 5.98. The Kier molecular flexibility index (Phi) is 8.26. The van der Waals surface area contributed by atoms with Gasteiger partial charge in [-0.25, -0.2) is 0 Å². The number of hydrogen-bond acceptors (Lipinski definition) is 5. The molecule has 0 radical (unpaired) electrons. The first-order valence-corrected chi connectivity index (χ1v) is 9.94. The van der Waals surface area contributed by atoms with Crippen molar-refractivity contribution in [2.75, 3.05) is 39.2 Å². The zero-order valence-corrected chi connectivity index (χ0v) is 17.6. The van der Waals surface area contributed by atoms with Gasteiger partial charge in [0.25, 0.3) is 5.91 Å². The van der Waals surface area contributed by atoms with Crippen LogP contribution >= 0.6 is 0 Å². The van der Waals surface area contributed by atoms with Crippen LogP contribution in [0.5, 0.6) is 5.75 Å². The molecule has 0 fully saturated rings. The van der Waals surface area contributed by atoms with Crippen LogP contribution in [0.1, 0.15) is 44.0 Å². The van der Waals surface area contributed by atoms with Crippen LogP contribution in [0.15, 0.2) is 18.2 Å². The van der Waals surface area contributed by atoms with Gasteiger partial charge in [-0.3, -0.25) is 9.59 Å². The minimum atomic E-state index is -0.128. The molecule has 0 saturated carbocycles. The van der Waals surface area contributed by atoms with E-state index in [1.54, 1.807) is 37.3 Å². The predicted molar refractivity (Wildman–Crippen MR) is 110 cm³/mol. The van der Waals surface area contributed by atoms with E-state index in [0.29, 0.717) is 36.6 Å². The van der Waals surface area contributed by atoms with Crippen molar-refractivity contribution in [3.63, 3.8) is 0 Å². The molecule has 7 nitrogen and oxygen atoms in total. The standard InChI is InChI=1S/C21H33N3O4/c1-6-7-20(25)23-16-8-9-17-18(10-16)28-13-15(3)22-11-14(2)19(27-5)12-24(4)21(17)26/h8-10,14-15,19,22H,6-7,11-13H2,1-5H3,(H,23,25)/t14-,15+,19+/m1/s1. The van der Waals surface area contributed by atoms with Crippen LogP contribution < -0.4 is 15.4 Å². The highest BCUT2D eigenvalue weighted by atomic mass is 16.5. The lowest BCUT2D eigenvalue weighted by Crippen LogP contribution is -2.44. The first-order valence-electron chi connectivity index (χ1n) is 9.94. The van der Waals surface area contributed by atoms with Crippen LogP contribution in [0.4, 0.5) is 5.69 Å². The number of carbonyl (C=O) groups is 2. The van der Waals surface area contributed by atoms with Crippen molar-refractivity contribution in [2.24, 2.45) is 5.92 Å². The Balaban J connectivity index is 2.31. The molecule has 156 valence electrons. The van der Waals surface area contributed by atoms with Crippen molar-refractivity contribution < 1.29 is 19.1 Å². The van der Waals surface area contributed by atoms with Crippen LogP contribution in [0.25, 0.3) is 0 Å². The van der Waals surface area contributed by atoms with E-state index in [2.05, 4.69) is 17.6 Å². The number of nitrogens with zero attached hydrogens (tertiary/aromatic N) is 1. The van der Waals surface area contributed by atoms with E-state index < -0.39 is 0 Å². The fraction of sp³-hybridized carbons (Fsp3) is 0.619. The topological polar surface area (TPSA) is 79.9 Å². The average Bonchev–Trinajstić information content (AvgIpc) is 2.67. The molecule has 1 aromatic carbocycles. The summed E-state index contributed by atoms with van der Waals surface area (Å²) in [5, 5.41) is 6.32. The molecule has 0 spiro atoms. The maximum atomic E-state index is 13.0. The second kappa shape index (κ2) is 10.4. The number of ether oxygens (including phenoxy) is 2. The fourth-order valence-electron chi connectivity index (χ4n) is 3.18. The highest BCUT2D eigenvalue weighted by Crippen LogP contribution is 2.26. The summed E-state index contributed by atoms with van der Waals surface area (Å²) in [6.45, 7) is 7.78. The minimum Gasteiger partial charge on any atom is -0.491 e. The molecule has 3 atom stereocenters. The van der Waals surface area contributed by atoms with Crippen molar-refractivity contribution in [2.45, 2.75) is 45.8 Å². The molecule has 7 heteroatoms. The van der Waals surface area contributed by atoms with Gasteiger partial charge in [-0.1, -0.05) is 13.8 Å². The Hall–Kier alpha value is -2.12. The number of nitrogens with one attached hydrogen (secondary N) is 2. The summed E-state index contributed by atoms with van der Waals surface area (Å²) in [6, 6.07) is 5.29. The molecule has 28 heavy (non-hydrogen) atoms. The molecule has 1 aromatic rings. The van der Waals surface area contributed by atoms with Crippen molar-refractivity contribution >= 4 is 17.5 Å². The molecule has 2 N–H and O–H groups in total. The number of anilines is 1. The lowest BCUT2D eigenvalue weighted by Gasteiger charge is -2.30. The van der Waals surface area contributed by atoms with E-state index in [1.165, 1.54) is 0 Å². The zero-order valence-electron chi connectivity index (χ0n) is 17.6. The normalized spacial score (nSPS) is 23.8. The lowest BCUT2D eigenvalue weighted by atomic mass is 10.0. The number of rotatable bonds is 4. The predicted octanol–water partition coefficient (Wildman–Crippen LogP) is 2.52. The van der Waals surface area contributed by atoms with E-state index in [0.717, 1.165) is 13.0 Å². The number of amides is 2. The second-order valence-corrected chi connectivity index (χ2v) is 7.57. The highest BCUT2D eigenvalue weighted by Gasteiger charge is 2.25. The van der Waals surface area contributed by atoms with Gasteiger partial charge in [0, 0.05) is 51.5 Å². The molecule has 2 amide bonds. The van der Waals surface area contributed by atoms with Crippen LogP contribution in [0.3, 0.4) is 0 Å². The SMILES string of the molecule is CCCC(=O)Nc1ccc2c(c1)OC[C@H](C)NC[C@@H](C)[C@@H](OC)CN(C)C2=O. The monoisotopic (exact) mass is 391 g/mol. The van der Waals surface area contributed by atoms with Crippen LogP contribution in [0.2, 0.25) is 0 Å². The summed E-state index contributed by atoms with van der Waals surface area (Å²) in [7, 11) is 3.45. The Bertz CT molecular complexity index is 680. The number of methoxy groups -OCH3 is 1. The molecular formula is C21H33N3O4. The van der Waals surface area contributed by atoms with Crippen molar-refractivity contribution in [1.29, 1.82) is 0 Å². The third-order valence-corrected chi connectivity index (χ3v) is 4.99. The summed E-state index contributed by atoms with van der Waals surface area (Å²) in [5.74, 6) is 0.544. The first-order chi connectivity index (χ1) is 13.3. The zero-order chi connectivity index (χ0) is 20.7. The maximum absolute atomic E-state index is 13.0. The van der Waals surface area contributed by atoms with Gasteiger partial charge in [0.05, 0.1) is 11.7 Å². The molecule has 0 aromatic heterocycles. The molecule has 1 aliphatic heterocycles. The Labute approximate surface area is 167 Å². The molecular weight excluding hydrogens is 358 g/mol. The van der Waals surface area contributed by atoms with E-state index in [1.807, 2.05) is 13.8 Å². The van der Waals surface area contributed by atoms with Crippen LogP contribution in [-0.4, -0.2) is 62.7 Å². The average molecular weight is 392 g/mol. The number of hydrogen-bond donors (Lipinski definition) is 2. The quantitative estimate of drug-likeness (QED) is 0.824. The third kappa shape index (κ3) is 5.94. The summed E-state index contributed by atoms with van der Waals surface area (Å²) < 4.78 is 11.6. The van der Waals surface area contributed by atoms with Gasteiger partial charge in [0.15, 0.2) is 0 Å². The van der Waals surface area contributed by atoms with Crippen LogP contribution in [-0.2, 0) is 9.53 Å². The molecule has 0 bridgehead atoms. The molecule has 0 unspecified atom stereocenters. The largest absolute Gasteiger partial charge is 0.491 e. The number of likely N-dealkylation sites (N-methyl/N-ethyl adjacent to an activating group) is 1. The first kappa shape index (κ1) is 22.2. The van der Waals surface area contributed by atoms with Crippen molar-refractivity contribution in [3.05, 3.63) is 23.8 Å². The number of benzene rings is 1. The number of fused-ring (bicyclic) bond motifs is 1. The summed E-state index contributed by atoms with van der Waals surface area (Å²) in [4.78, 5) is 26.6. The fourth-order valence-corrected chi connectivity index (χ4v) is 3.18. The summed E-state index contributed by atoms with van der Waals surface area (Å²) >= 11 is 0. The minimum absolute atomic E-state index is 0.0500. The van der Waals surface area contributed by atoms with Gasteiger partial charge in [0.1, 0.15) is 12.4 Å². The van der Waals surface area contributed by atoms with Gasteiger partial charge >= 0.3 is 0 Å². The molecule has 2 rings (SSSR count). The van der Waals surface area contributed by atoms with E-state index in [9.17, 15) is 9.59 Å². The van der Waals surface area contributed by atoms with Gasteiger partial charge in [0.2, 0.25) is 5.91 Å². The summed E-state index contributed by atoms with van der Waals surface area (Å²) in [6.07, 6.45) is 1.17. The van der Waals surface area contributed by atoms with Gasteiger partial charge in [-0.15, -0.1) is 0 Å². The van der Waals surface area contributed by atoms with Crippen LogP contribution in [0, 0.1) is 5.92 Å². The van der Waals surface area contributed by atoms with E-state index in [4.69, 9.17) is 9.47 Å². The third-order valence-electron chi connectivity index (χ3n) is 4.99. The Morgan fingerprint density at radius 3 is 2.82 bits per heavy atom. The van der Waals surface area contributed by atoms with E-state index in [-0.39, 0.29) is 29.9 Å². The van der Waals surface area contributed by atoms with Gasteiger partial charge in [-0.05, 0) is 31.4 Å². The smallest absolute Gasteiger partial charge is 0.257 e. The molecule has 1 heterocycles. The Morgan fingerprint density at radius 1 is 1.39 bits per heavy atom. The second-order valence-electron chi connectivity index (χ2n) is 7.57. The molecule has 0 saturated heterocycles. The molecule has 1 aliphatic rings. The summed E-state index contributed by atoms with van der Waals surface area (Å²) in [5.41, 5.74) is 1.11. The van der Waals surface area contributed by atoms with Gasteiger partial charge in [-0.2, -0.15) is 0 Å². The number of carbonyl (C=O) groups excluding carboxylic acids is 2. The van der Waals surface area contributed by atoms with Crippen molar-refractivity contribution in [3.8, 4) is 5.75 Å². The lowest BCUT2D eigenvalue weighted by molar-refractivity contribution is -0.116.